The van der Waals surface area contributed by atoms with Gasteiger partial charge in [-0.3, -0.25) is 9.59 Å². The van der Waals surface area contributed by atoms with Crippen LogP contribution in [0.3, 0.4) is 0 Å². The second kappa shape index (κ2) is 8.63. The number of amides is 2. The van der Waals surface area contributed by atoms with Crippen molar-refractivity contribution in [2.75, 3.05) is 10.6 Å². The quantitative estimate of drug-likeness (QED) is 0.458. The fraction of sp³-hybridized carbons (Fsp3) is 0.200. The smallest absolute Gasteiger partial charge is 0.256 e. The van der Waals surface area contributed by atoms with Gasteiger partial charge in [0.1, 0.15) is 0 Å². The van der Waals surface area contributed by atoms with Gasteiger partial charge in [-0.2, -0.15) is 5.10 Å². The Morgan fingerprint density at radius 2 is 1.56 bits per heavy atom. The molecule has 2 heterocycles. The van der Waals surface area contributed by atoms with Crippen molar-refractivity contribution < 1.29 is 9.59 Å². The van der Waals surface area contributed by atoms with Crippen LogP contribution in [0.2, 0.25) is 0 Å². The largest absolute Gasteiger partial charge is 0.326 e. The number of rotatable bonds is 5. The lowest BCUT2D eigenvalue weighted by Gasteiger charge is -2.12. The predicted octanol–water partition coefficient (Wildman–Crippen LogP) is 5.20. The van der Waals surface area contributed by atoms with Gasteiger partial charge in [-0.25, -0.2) is 9.67 Å². The van der Waals surface area contributed by atoms with E-state index in [2.05, 4.69) is 15.7 Å². The molecule has 2 N–H and O–H groups in total. The number of carbonyl (C=O) groups excluding carboxylic acids is 2. The van der Waals surface area contributed by atoms with Gasteiger partial charge in [0, 0.05) is 29.9 Å². The maximum absolute atomic E-state index is 13.3. The lowest BCUT2D eigenvalue weighted by atomic mass is 10.0. The van der Waals surface area contributed by atoms with Crippen LogP contribution in [0.1, 0.15) is 42.7 Å². The van der Waals surface area contributed by atoms with E-state index in [0.29, 0.717) is 33.7 Å². The number of pyridine rings is 1. The highest BCUT2D eigenvalue weighted by molar-refractivity contribution is 6.12. The van der Waals surface area contributed by atoms with Crippen LogP contribution in [-0.4, -0.2) is 26.6 Å². The van der Waals surface area contributed by atoms with Crippen molar-refractivity contribution in [2.24, 2.45) is 0 Å². The van der Waals surface area contributed by atoms with Gasteiger partial charge >= 0.3 is 0 Å². The van der Waals surface area contributed by atoms with Crippen molar-refractivity contribution in [3.63, 3.8) is 0 Å². The SMILES string of the molecule is CC(=O)Nc1ccc(NC(=O)c2cc(-c3ccc(C)cc3)nc3c2cnn3C(C)C)cc1. The van der Waals surface area contributed by atoms with E-state index in [1.807, 2.05) is 49.7 Å². The highest BCUT2D eigenvalue weighted by atomic mass is 16.2. The highest BCUT2D eigenvalue weighted by Gasteiger charge is 2.19. The number of benzene rings is 2. The molecule has 4 rings (SSSR count). The van der Waals surface area contributed by atoms with E-state index in [1.165, 1.54) is 6.92 Å². The summed E-state index contributed by atoms with van der Waals surface area (Å²) in [4.78, 5) is 29.3. The molecule has 32 heavy (non-hydrogen) atoms. The molecule has 162 valence electrons. The Bertz CT molecular complexity index is 1290. The Morgan fingerprint density at radius 1 is 0.938 bits per heavy atom. The Morgan fingerprint density at radius 3 is 2.16 bits per heavy atom. The van der Waals surface area contributed by atoms with Gasteiger partial charge in [0.05, 0.1) is 22.8 Å². The predicted molar refractivity (Wildman–Crippen MR) is 127 cm³/mol. The van der Waals surface area contributed by atoms with Crippen LogP contribution >= 0.6 is 0 Å². The first-order chi connectivity index (χ1) is 15.3. The Labute approximate surface area is 186 Å². The summed E-state index contributed by atoms with van der Waals surface area (Å²) < 4.78 is 1.83. The van der Waals surface area contributed by atoms with E-state index < -0.39 is 0 Å². The Kier molecular flexibility index (Phi) is 5.73. The second-order valence-corrected chi connectivity index (χ2v) is 8.05. The molecule has 0 bridgehead atoms. The summed E-state index contributed by atoms with van der Waals surface area (Å²) in [6.45, 7) is 7.55. The topological polar surface area (TPSA) is 88.9 Å². The molecule has 0 unspecified atom stereocenters. The van der Waals surface area contributed by atoms with Crippen LogP contribution in [0.4, 0.5) is 11.4 Å². The van der Waals surface area contributed by atoms with Crippen molar-refractivity contribution in [3.05, 3.63) is 71.9 Å². The molecule has 7 heteroatoms. The maximum Gasteiger partial charge on any atom is 0.256 e. The fourth-order valence-electron chi connectivity index (χ4n) is 3.49. The molecule has 0 saturated heterocycles. The number of aryl methyl sites for hydroxylation is 1. The molecule has 0 aliphatic heterocycles. The molecule has 0 saturated carbocycles. The summed E-state index contributed by atoms with van der Waals surface area (Å²) in [6.07, 6.45) is 1.69. The summed E-state index contributed by atoms with van der Waals surface area (Å²) in [5.74, 6) is -0.395. The summed E-state index contributed by atoms with van der Waals surface area (Å²) in [5, 5.41) is 10.8. The molecule has 0 spiro atoms. The number of carbonyl (C=O) groups is 2. The van der Waals surface area contributed by atoms with E-state index >= 15 is 0 Å². The van der Waals surface area contributed by atoms with Gasteiger partial charge in [0.15, 0.2) is 5.65 Å². The van der Waals surface area contributed by atoms with Crippen LogP contribution in [0.15, 0.2) is 60.8 Å². The summed E-state index contributed by atoms with van der Waals surface area (Å²) in [7, 11) is 0. The first-order valence-corrected chi connectivity index (χ1v) is 10.5. The van der Waals surface area contributed by atoms with E-state index in [9.17, 15) is 9.59 Å². The molecule has 0 aliphatic rings. The third-order valence-corrected chi connectivity index (χ3v) is 5.11. The minimum absolute atomic E-state index is 0.102. The molecule has 0 radical (unpaired) electrons. The molecular formula is C25H25N5O2. The lowest BCUT2D eigenvalue weighted by Crippen LogP contribution is -2.13. The molecule has 0 fully saturated rings. The standard InChI is InChI=1S/C25H25N5O2/c1-15(2)30-24-22(14-26-30)21(13-23(29-24)18-7-5-16(3)6-8-18)25(32)28-20-11-9-19(10-12-20)27-17(4)31/h5-15H,1-4H3,(H,27,31)(H,28,32). The number of aromatic nitrogens is 3. The fourth-order valence-corrected chi connectivity index (χ4v) is 3.49. The van der Waals surface area contributed by atoms with Gasteiger partial charge in [-0.15, -0.1) is 0 Å². The maximum atomic E-state index is 13.3. The molecule has 0 aliphatic carbocycles. The third-order valence-electron chi connectivity index (χ3n) is 5.11. The van der Waals surface area contributed by atoms with Crippen LogP contribution in [0.25, 0.3) is 22.3 Å². The number of hydrogen-bond donors (Lipinski definition) is 2. The second-order valence-electron chi connectivity index (χ2n) is 8.05. The Hall–Kier alpha value is -4.00. The summed E-state index contributed by atoms with van der Waals surface area (Å²) in [5.41, 5.74) is 5.27. The molecule has 2 aromatic heterocycles. The van der Waals surface area contributed by atoms with Gasteiger partial charge in [-0.05, 0) is 51.1 Å². The van der Waals surface area contributed by atoms with Crippen LogP contribution in [0.5, 0.6) is 0 Å². The third kappa shape index (κ3) is 4.37. The number of nitrogens with zero attached hydrogens (tertiary/aromatic N) is 3. The van der Waals surface area contributed by atoms with Crippen LogP contribution in [-0.2, 0) is 4.79 Å². The number of fused-ring (bicyclic) bond motifs is 1. The molecule has 2 aromatic carbocycles. The van der Waals surface area contributed by atoms with Gasteiger partial charge in [0.2, 0.25) is 5.91 Å². The average molecular weight is 428 g/mol. The molecular weight excluding hydrogens is 402 g/mol. The van der Waals surface area contributed by atoms with Gasteiger partial charge in [-0.1, -0.05) is 29.8 Å². The number of anilines is 2. The first kappa shape index (κ1) is 21.2. The van der Waals surface area contributed by atoms with E-state index in [-0.39, 0.29) is 17.9 Å². The van der Waals surface area contributed by atoms with Crippen LogP contribution < -0.4 is 10.6 Å². The Balaban J connectivity index is 1.74. The van der Waals surface area contributed by atoms with E-state index in [4.69, 9.17) is 4.98 Å². The van der Waals surface area contributed by atoms with Gasteiger partial charge < -0.3 is 10.6 Å². The van der Waals surface area contributed by atoms with Gasteiger partial charge in [0.25, 0.3) is 5.91 Å². The van der Waals surface area contributed by atoms with Crippen molar-refractivity contribution >= 4 is 34.2 Å². The molecule has 4 aromatic rings. The van der Waals surface area contributed by atoms with Crippen LogP contribution in [0, 0.1) is 6.92 Å². The number of nitrogens with one attached hydrogen (secondary N) is 2. The highest BCUT2D eigenvalue weighted by Crippen LogP contribution is 2.27. The first-order valence-electron chi connectivity index (χ1n) is 10.5. The average Bonchev–Trinajstić information content (AvgIpc) is 3.19. The van der Waals surface area contributed by atoms with E-state index in [0.717, 1.165) is 11.1 Å². The monoisotopic (exact) mass is 427 g/mol. The zero-order chi connectivity index (χ0) is 22.8. The molecule has 7 nitrogen and oxygen atoms in total. The minimum Gasteiger partial charge on any atom is -0.326 e. The lowest BCUT2D eigenvalue weighted by molar-refractivity contribution is -0.114. The van der Waals surface area contributed by atoms with Crippen molar-refractivity contribution in [1.82, 2.24) is 14.8 Å². The van der Waals surface area contributed by atoms with E-state index in [1.54, 1.807) is 36.5 Å². The van der Waals surface area contributed by atoms with Crippen molar-refractivity contribution in [2.45, 2.75) is 33.7 Å². The molecule has 2 amide bonds. The minimum atomic E-state index is -0.249. The zero-order valence-electron chi connectivity index (χ0n) is 18.5. The van der Waals surface area contributed by atoms with Crippen molar-refractivity contribution in [1.29, 1.82) is 0 Å². The number of hydrogen-bond acceptors (Lipinski definition) is 4. The normalized spacial score (nSPS) is 11.0. The zero-order valence-corrected chi connectivity index (χ0v) is 18.5. The van der Waals surface area contributed by atoms with Crippen molar-refractivity contribution in [3.8, 4) is 11.3 Å². The summed E-state index contributed by atoms with van der Waals surface area (Å²) in [6, 6.07) is 16.9. The molecule has 0 atom stereocenters. The summed E-state index contributed by atoms with van der Waals surface area (Å²) >= 11 is 0.